The van der Waals surface area contributed by atoms with Crippen molar-refractivity contribution in [3.63, 3.8) is 0 Å². The maximum atomic E-state index is 8.19. The highest BCUT2D eigenvalue weighted by molar-refractivity contribution is 5.98. The third-order valence-corrected chi connectivity index (χ3v) is 6.01. The predicted octanol–water partition coefficient (Wildman–Crippen LogP) is 6.16. The SMILES string of the molecule is C=CC(=N)C(C)N1CCN(CCCC)c2nc(-c3cccc(CC)c3)ncc21.CCC(C)=N. The van der Waals surface area contributed by atoms with E-state index in [4.69, 9.17) is 20.8 Å². The van der Waals surface area contributed by atoms with Gasteiger partial charge in [0.1, 0.15) is 0 Å². The van der Waals surface area contributed by atoms with E-state index < -0.39 is 0 Å². The molecule has 0 saturated heterocycles. The van der Waals surface area contributed by atoms with E-state index in [2.05, 4.69) is 54.5 Å². The van der Waals surface area contributed by atoms with Gasteiger partial charge in [0.05, 0.1) is 23.6 Å². The fourth-order valence-electron chi connectivity index (χ4n) is 3.63. The second-order valence-electron chi connectivity index (χ2n) is 8.46. The summed E-state index contributed by atoms with van der Waals surface area (Å²) in [4.78, 5) is 14.3. The van der Waals surface area contributed by atoms with Crippen LogP contribution in [0.15, 0.2) is 43.1 Å². The first-order chi connectivity index (χ1) is 15.9. The Labute approximate surface area is 199 Å². The summed E-state index contributed by atoms with van der Waals surface area (Å²) in [5.74, 6) is 1.75. The molecule has 2 heterocycles. The molecule has 6 heteroatoms. The summed E-state index contributed by atoms with van der Waals surface area (Å²) in [5.41, 5.74) is 4.63. The highest BCUT2D eigenvalue weighted by Gasteiger charge is 2.29. The minimum atomic E-state index is -0.0394. The van der Waals surface area contributed by atoms with E-state index in [1.807, 2.05) is 20.0 Å². The molecule has 0 fully saturated rings. The molecule has 0 bridgehead atoms. The largest absolute Gasteiger partial charge is 0.357 e. The Balaban J connectivity index is 0.000000696. The Morgan fingerprint density at radius 2 is 1.94 bits per heavy atom. The number of hydrogen-bond donors (Lipinski definition) is 2. The molecular formula is C27H40N6. The number of rotatable bonds is 9. The Hall–Kier alpha value is -3.02. The average Bonchev–Trinajstić information content (AvgIpc) is 2.86. The monoisotopic (exact) mass is 448 g/mol. The van der Waals surface area contributed by atoms with Gasteiger partial charge in [-0.05, 0) is 50.8 Å². The molecule has 2 aromatic rings. The van der Waals surface area contributed by atoms with Gasteiger partial charge in [-0.25, -0.2) is 9.97 Å². The van der Waals surface area contributed by atoms with E-state index in [0.29, 0.717) is 5.71 Å². The zero-order valence-electron chi connectivity index (χ0n) is 21.0. The predicted molar refractivity (Wildman–Crippen MR) is 142 cm³/mol. The lowest BCUT2D eigenvalue weighted by Gasteiger charge is -2.40. The third kappa shape index (κ3) is 6.98. The van der Waals surface area contributed by atoms with E-state index in [0.717, 1.165) is 73.9 Å². The van der Waals surface area contributed by atoms with Crippen molar-refractivity contribution in [3.8, 4) is 11.4 Å². The molecular weight excluding hydrogens is 408 g/mol. The summed E-state index contributed by atoms with van der Waals surface area (Å²) in [7, 11) is 0. The molecule has 1 aliphatic heterocycles. The standard InChI is InChI=1S/C23H31N5.C4H9N/c1-5-8-12-27-13-14-28(17(4)20(24)7-3)21-16-25-22(26-23(21)27)19-11-9-10-18(6-2)15-19;1-3-4(2)5/h7,9-11,15-17,24H,3,5-6,8,12-14H2,1-2,4H3;5H,3H2,1-2H3. The molecule has 2 N–H and O–H groups in total. The van der Waals surface area contributed by atoms with Crippen LogP contribution in [0.5, 0.6) is 0 Å². The normalized spacial score (nSPS) is 13.5. The molecule has 0 radical (unpaired) electrons. The number of nitrogens with zero attached hydrogens (tertiary/aromatic N) is 4. The second kappa shape index (κ2) is 12.9. The van der Waals surface area contributed by atoms with Crippen LogP contribution in [-0.2, 0) is 6.42 Å². The first kappa shape index (κ1) is 26.2. The van der Waals surface area contributed by atoms with Crippen molar-refractivity contribution in [2.24, 2.45) is 0 Å². The number of nitrogens with one attached hydrogen (secondary N) is 2. The number of aryl methyl sites for hydroxylation is 1. The van der Waals surface area contributed by atoms with Crippen molar-refractivity contribution in [1.29, 1.82) is 10.8 Å². The van der Waals surface area contributed by atoms with Crippen LogP contribution in [0.1, 0.15) is 59.4 Å². The number of benzene rings is 1. The number of anilines is 2. The van der Waals surface area contributed by atoms with Crippen molar-refractivity contribution < 1.29 is 0 Å². The molecule has 1 aromatic carbocycles. The van der Waals surface area contributed by atoms with Gasteiger partial charge in [0.2, 0.25) is 0 Å². The Kier molecular flexibility index (Phi) is 10.2. The number of hydrogen-bond acceptors (Lipinski definition) is 6. The summed E-state index contributed by atoms with van der Waals surface area (Å²) < 4.78 is 0. The lowest BCUT2D eigenvalue weighted by Crippen LogP contribution is -2.48. The third-order valence-electron chi connectivity index (χ3n) is 6.01. The van der Waals surface area contributed by atoms with E-state index in [9.17, 15) is 0 Å². The van der Waals surface area contributed by atoms with Gasteiger partial charge in [-0.1, -0.05) is 52.0 Å². The summed E-state index contributed by atoms with van der Waals surface area (Å²) >= 11 is 0. The first-order valence-electron chi connectivity index (χ1n) is 12.1. The van der Waals surface area contributed by atoms with Crippen LogP contribution in [0.2, 0.25) is 0 Å². The smallest absolute Gasteiger partial charge is 0.161 e. The molecule has 6 nitrogen and oxygen atoms in total. The molecule has 1 aliphatic rings. The zero-order chi connectivity index (χ0) is 24.4. The van der Waals surface area contributed by atoms with Gasteiger partial charge in [0.25, 0.3) is 0 Å². The summed E-state index contributed by atoms with van der Waals surface area (Å²) in [6, 6.07) is 8.43. The lowest BCUT2D eigenvalue weighted by atomic mass is 10.1. The minimum absolute atomic E-state index is 0.0394. The van der Waals surface area contributed by atoms with Crippen molar-refractivity contribution in [2.75, 3.05) is 29.4 Å². The molecule has 0 saturated carbocycles. The molecule has 0 amide bonds. The zero-order valence-corrected chi connectivity index (χ0v) is 21.0. The minimum Gasteiger partial charge on any atom is -0.357 e. The highest BCUT2D eigenvalue weighted by Crippen LogP contribution is 2.34. The summed E-state index contributed by atoms with van der Waals surface area (Å²) in [6.07, 6.45) is 7.74. The molecule has 3 rings (SSSR count). The fourth-order valence-corrected chi connectivity index (χ4v) is 3.63. The lowest BCUT2D eigenvalue weighted by molar-refractivity contribution is 0.644. The number of unbranched alkanes of at least 4 members (excludes halogenated alkanes) is 1. The van der Waals surface area contributed by atoms with Crippen molar-refractivity contribution in [1.82, 2.24) is 9.97 Å². The van der Waals surface area contributed by atoms with Gasteiger partial charge in [-0.15, -0.1) is 0 Å². The van der Waals surface area contributed by atoms with Gasteiger partial charge in [0.15, 0.2) is 11.6 Å². The van der Waals surface area contributed by atoms with Crippen LogP contribution in [0.4, 0.5) is 11.5 Å². The van der Waals surface area contributed by atoms with Gasteiger partial charge < -0.3 is 20.6 Å². The van der Waals surface area contributed by atoms with Gasteiger partial charge in [-0.2, -0.15) is 0 Å². The fraction of sp³-hybridized carbons (Fsp3) is 0.481. The van der Waals surface area contributed by atoms with E-state index in [-0.39, 0.29) is 6.04 Å². The van der Waals surface area contributed by atoms with Crippen LogP contribution >= 0.6 is 0 Å². The van der Waals surface area contributed by atoms with Gasteiger partial charge in [-0.3, -0.25) is 0 Å². The maximum Gasteiger partial charge on any atom is 0.161 e. The maximum absolute atomic E-state index is 8.19. The van der Waals surface area contributed by atoms with Gasteiger partial charge >= 0.3 is 0 Å². The molecule has 178 valence electrons. The van der Waals surface area contributed by atoms with E-state index >= 15 is 0 Å². The quantitative estimate of drug-likeness (QED) is 0.450. The first-order valence-corrected chi connectivity index (χ1v) is 12.1. The summed E-state index contributed by atoms with van der Waals surface area (Å²) in [6.45, 7) is 16.7. The van der Waals surface area contributed by atoms with Gasteiger partial charge in [0, 0.05) is 30.9 Å². The molecule has 0 spiro atoms. The average molecular weight is 449 g/mol. The van der Waals surface area contributed by atoms with Crippen LogP contribution in [0.25, 0.3) is 11.4 Å². The molecule has 1 atom stereocenters. The second-order valence-corrected chi connectivity index (χ2v) is 8.46. The van der Waals surface area contributed by atoms with Crippen molar-refractivity contribution in [2.45, 2.75) is 66.3 Å². The molecule has 1 unspecified atom stereocenters. The van der Waals surface area contributed by atoms with Crippen LogP contribution in [0.3, 0.4) is 0 Å². The van der Waals surface area contributed by atoms with Crippen molar-refractivity contribution >= 4 is 22.9 Å². The van der Waals surface area contributed by atoms with E-state index in [1.54, 1.807) is 13.0 Å². The Morgan fingerprint density at radius 3 is 2.55 bits per heavy atom. The van der Waals surface area contributed by atoms with E-state index in [1.165, 1.54) is 5.56 Å². The van der Waals surface area contributed by atoms with Crippen LogP contribution in [-0.4, -0.2) is 47.1 Å². The molecule has 1 aromatic heterocycles. The summed E-state index contributed by atoms with van der Waals surface area (Å²) in [5, 5.41) is 14.9. The number of aromatic nitrogens is 2. The number of fused-ring (bicyclic) bond motifs is 1. The molecule has 0 aliphatic carbocycles. The Morgan fingerprint density at radius 1 is 1.21 bits per heavy atom. The topological polar surface area (TPSA) is 80.0 Å². The highest BCUT2D eigenvalue weighted by atomic mass is 15.3. The van der Waals surface area contributed by atoms with Crippen molar-refractivity contribution in [3.05, 3.63) is 48.7 Å². The Bertz CT molecular complexity index is 951. The van der Waals surface area contributed by atoms with Crippen LogP contribution < -0.4 is 9.80 Å². The molecule has 33 heavy (non-hydrogen) atoms. The van der Waals surface area contributed by atoms with Crippen LogP contribution in [0, 0.1) is 10.8 Å².